The smallest absolute Gasteiger partial charge is 0.226 e. The van der Waals surface area contributed by atoms with Crippen molar-refractivity contribution < 1.29 is 18.7 Å². The average Bonchev–Trinajstić information content (AvgIpc) is 3.20. The summed E-state index contributed by atoms with van der Waals surface area (Å²) in [7, 11) is 1.47. The van der Waals surface area contributed by atoms with Gasteiger partial charge in [-0.25, -0.2) is 4.39 Å². The Hall–Kier alpha value is -1.66. The molecule has 0 N–H and O–H groups in total. The van der Waals surface area contributed by atoms with E-state index in [0.29, 0.717) is 25.5 Å². The van der Waals surface area contributed by atoms with E-state index in [9.17, 15) is 9.18 Å². The Morgan fingerprint density at radius 1 is 1.44 bits per heavy atom. The van der Waals surface area contributed by atoms with Crippen molar-refractivity contribution in [1.29, 1.82) is 0 Å². The van der Waals surface area contributed by atoms with Crippen LogP contribution in [0, 0.1) is 11.7 Å². The molecule has 4 rings (SSSR count). The lowest BCUT2D eigenvalue weighted by molar-refractivity contribution is -0.139. The third kappa shape index (κ3) is 2.46. The minimum atomic E-state index is -0.462. The van der Waals surface area contributed by atoms with Gasteiger partial charge >= 0.3 is 0 Å². The molecule has 1 spiro atoms. The van der Waals surface area contributed by atoms with Gasteiger partial charge in [0.25, 0.3) is 0 Å². The van der Waals surface area contributed by atoms with Gasteiger partial charge in [0, 0.05) is 25.9 Å². The monoisotopic (exact) mass is 348 g/mol. The first-order chi connectivity index (χ1) is 12.0. The molecule has 3 atom stereocenters. The summed E-state index contributed by atoms with van der Waals surface area (Å²) in [5, 5.41) is 0. The number of amides is 1. The Balaban J connectivity index is 1.56. The first-order valence-electron chi connectivity index (χ1n) is 8.99. The number of carbonyl (C=O) groups is 1. The third-order valence-corrected chi connectivity index (χ3v) is 5.97. The molecular weight excluding hydrogens is 323 g/mol. The van der Waals surface area contributed by atoms with Crippen molar-refractivity contribution in [2.45, 2.75) is 51.0 Å². The van der Waals surface area contributed by atoms with Gasteiger partial charge in [-0.1, -0.05) is 19.9 Å². The van der Waals surface area contributed by atoms with E-state index in [-0.39, 0.29) is 29.6 Å². The summed E-state index contributed by atoms with van der Waals surface area (Å²) in [6, 6.07) is 5.20. The number of benzene rings is 1. The van der Waals surface area contributed by atoms with E-state index < -0.39 is 5.72 Å². The van der Waals surface area contributed by atoms with Gasteiger partial charge < -0.3 is 14.4 Å². The first kappa shape index (κ1) is 16.8. The SMILES string of the molecule is COc1cc(CN2CC[C@@]34OC[C@@H](C(C)C)N3C(=O)C[C@@H]24)ccc1F. The topological polar surface area (TPSA) is 42.0 Å². The molecule has 0 bridgehead atoms. The Morgan fingerprint density at radius 2 is 2.24 bits per heavy atom. The maximum Gasteiger partial charge on any atom is 0.226 e. The van der Waals surface area contributed by atoms with E-state index in [0.717, 1.165) is 18.5 Å². The molecule has 0 radical (unpaired) electrons. The maximum atomic E-state index is 13.6. The zero-order chi connectivity index (χ0) is 17.8. The van der Waals surface area contributed by atoms with Gasteiger partial charge in [0.1, 0.15) is 0 Å². The molecule has 3 aliphatic heterocycles. The molecule has 3 saturated heterocycles. The molecule has 0 aromatic heterocycles. The lowest BCUT2D eigenvalue weighted by Crippen LogP contribution is -2.50. The highest BCUT2D eigenvalue weighted by Crippen LogP contribution is 2.49. The fourth-order valence-corrected chi connectivity index (χ4v) is 4.68. The number of rotatable bonds is 4. The number of hydrogen-bond acceptors (Lipinski definition) is 4. The molecule has 25 heavy (non-hydrogen) atoms. The summed E-state index contributed by atoms with van der Waals surface area (Å²) in [6.45, 7) is 6.45. The summed E-state index contributed by atoms with van der Waals surface area (Å²) < 4.78 is 25.0. The molecule has 1 aromatic carbocycles. The molecular formula is C19H25FN2O3. The van der Waals surface area contributed by atoms with Crippen LogP contribution in [0.5, 0.6) is 5.75 Å². The average molecular weight is 348 g/mol. The molecule has 1 aromatic rings. The van der Waals surface area contributed by atoms with Crippen molar-refractivity contribution in [1.82, 2.24) is 9.80 Å². The summed E-state index contributed by atoms with van der Waals surface area (Å²) in [4.78, 5) is 17.0. The minimum absolute atomic E-state index is 0.0693. The van der Waals surface area contributed by atoms with Crippen LogP contribution in [0.1, 0.15) is 32.3 Å². The van der Waals surface area contributed by atoms with Crippen LogP contribution in [0.15, 0.2) is 18.2 Å². The summed E-state index contributed by atoms with van der Waals surface area (Å²) >= 11 is 0. The van der Waals surface area contributed by atoms with Crippen LogP contribution in [0.25, 0.3) is 0 Å². The highest BCUT2D eigenvalue weighted by atomic mass is 19.1. The van der Waals surface area contributed by atoms with Crippen LogP contribution in [0.3, 0.4) is 0 Å². The second-order valence-electron chi connectivity index (χ2n) is 7.64. The molecule has 0 saturated carbocycles. The van der Waals surface area contributed by atoms with Crippen LogP contribution in [-0.4, -0.2) is 53.8 Å². The second kappa shape index (κ2) is 5.95. The maximum absolute atomic E-state index is 13.6. The number of likely N-dealkylation sites (tertiary alicyclic amines) is 1. The fraction of sp³-hybridized carbons (Fsp3) is 0.632. The summed E-state index contributed by atoms with van der Waals surface area (Å²) in [5.41, 5.74) is 0.524. The zero-order valence-electron chi connectivity index (χ0n) is 15.0. The van der Waals surface area contributed by atoms with Crippen molar-refractivity contribution in [2.24, 2.45) is 5.92 Å². The van der Waals surface area contributed by atoms with Crippen LogP contribution in [0.4, 0.5) is 4.39 Å². The molecule has 0 aliphatic carbocycles. The summed E-state index contributed by atoms with van der Waals surface area (Å²) in [5.74, 6) is 0.484. The molecule has 0 unspecified atom stereocenters. The molecule has 3 fully saturated rings. The van der Waals surface area contributed by atoms with Crippen molar-refractivity contribution in [3.63, 3.8) is 0 Å². The first-order valence-corrected chi connectivity index (χ1v) is 8.99. The number of halogens is 1. The van der Waals surface area contributed by atoms with Crippen molar-refractivity contribution >= 4 is 5.91 Å². The van der Waals surface area contributed by atoms with Gasteiger partial charge in [-0.2, -0.15) is 0 Å². The number of hydrogen-bond donors (Lipinski definition) is 0. The number of ether oxygens (including phenoxy) is 2. The number of methoxy groups -OCH3 is 1. The lowest BCUT2D eigenvalue weighted by Gasteiger charge is -2.34. The van der Waals surface area contributed by atoms with Crippen LogP contribution in [0.2, 0.25) is 0 Å². The second-order valence-corrected chi connectivity index (χ2v) is 7.64. The van der Waals surface area contributed by atoms with E-state index in [1.165, 1.54) is 13.2 Å². The number of nitrogens with zero attached hydrogens (tertiary/aromatic N) is 2. The Morgan fingerprint density at radius 3 is 2.96 bits per heavy atom. The van der Waals surface area contributed by atoms with Crippen LogP contribution >= 0.6 is 0 Å². The highest BCUT2D eigenvalue weighted by Gasteiger charge is 2.64. The van der Waals surface area contributed by atoms with Crippen molar-refractivity contribution in [2.75, 3.05) is 20.3 Å². The van der Waals surface area contributed by atoms with Gasteiger partial charge in [0.15, 0.2) is 17.3 Å². The van der Waals surface area contributed by atoms with Crippen molar-refractivity contribution in [3.8, 4) is 5.75 Å². The van der Waals surface area contributed by atoms with E-state index in [1.54, 1.807) is 12.1 Å². The van der Waals surface area contributed by atoms with Crippen molar-refractivity contribution in [3.05, 3.63) is 29.6 Å². The Kier molecular flexibility index (Phi) is 4.00. The van der Waals surface area contributed by atoms with Crippen LogP contribution < -0.4 is 4.74 Å². The highest BCUT2D eigenvalue weighted by molar-refractivity contribution is 5.82. The lowest BCUT2D eigenvalue weighted by atomic mass is 10.0. The van der Waals surface area contributed by atoms with E-state index in [4.69, 9.17) is 9.47 Å². The van der Waals surface area contributed by atoms with Crippen LogP contribution in [-0.2, 0) is 16.1 Å². The van der Waals surface area contributed by atoms with Gasteiger partial charge in [-0.3, -0.25) is 9.69 Å². The predicted molar refractivity (Wildman–Crippen MR) is 90.5 cm³/mol. The molecule has 1 amide bonds. The Bertz CT molecular complexity index is 695. The molecule has 3 aliphatic rings. The minimum Gasteiger partial charge on any atom is -0.494 e. The molecule has 5 nitrogen and oxygen atoms in total. The summed E-state index contributed by atoms with van der Waals surface area (Å²) in [6.07, 6.45) is 1.34. The van der Waals surface area contributed by atoms with E-state index in [1.807, 2.05) is 4.90 Å². The quantitative estimate of drug-likeness (QED) is 0.838. The van der Waals surface area contributed by atoms with E-state index >= 15 is 0 Å². The van der Waals surface area contributed by atoms with E-state index in [2.05, 4.69) is 18.7 Å². The Labute approximate surface area is 147 Å². The number of carbonyl (C=O) groups excluding carboxylic acids is 1. The molecule has 6 heteroatoms. The molecule has 136 valence electrons. The standard InChI is InChI=1S/C19H25FN2O3/c1-12(2)15-11-25-19-6-7-21(17(19)9-18(23)22(15)19)10-13-4-5-14(20)16(8-13)24-3/h4-5,8,12,15,17H,6-7,9-11H2,1-3H3/t15-,17+,19-/m0/s1. The van der Waals surface area contributed by atoms with Gasteiger partial charge in [0.2, 0.25) is 5.91 Å². The fourth-order valence-electron chi connectivity index (χ4n) is 4.68. The van der Waals surface area contributed by atoms with Gasteiger partial charge in [-0.05, 0) is 23.6 Å². The van der Waals surface area contributed by atoms with Gasteiger partial charge in [-0.15, -0.1) is 0 Å². The zero-order valence-corrected chi connectivity index (χ0v) is 15.0. The third-order valence-electron chi connectivity index (χ3n) is 5.97. The van der Waals surface area contributed by atoms with Gasteiger partial charge in [0.05, 0.1) is 25.8 Å². The predicted octanol–water partition coefficient (Wildman–Crippen LogP) is 2.39. The normalized spacial score (nSPS) is 31.7. The molecule has 3 heterocycles. The largest absolute Gasteiger partial charge is 0.494 e.